The number of rotatable bonds is 4. The number of hydrogen-bond acceptors (Lipinski definition) is 3. The summed E-state index contributed by atoms with van der Waals surface area (Å²) in [6.07, 6.45) is 5.35. The summed E-state index contributed by atoms with van der Waals surface area (Å²) in [6, 6.07) is 0.315. The molecule has 1 aliphatic rings. The van der Waals surface area contributed by atoms with Gasteiger partial charge in [-0.2, -0.15) is 0 Å². The van der Waals surface area contributed by atoms with Gasteiger partial charge in [0, 0.05) is 6.04 Å². The van der Waals surface area contributed by atoms with Crippen LogP contribution in [0.3, 0.4) is 0 Å². The quantitative estimate of drug-likeness (QED) is 0.750. The fourth-order valence-electron chi connectivity index (χ4n) is 2.86. The highest BCUT2D eigenvalue weighted by Gasteiger charge is 2.43. The van der Waals surface area contributed by atoms with Crippen LogP contribution in [0.2, 0.25) is 0 Å². The molecule has 1 N–H and O–H groups in total. The summed E-state index contributed by atoms with van der Waals surface area (Å²) in [5, 5.41) is 3.44. The highest BCUT2D eigenvalue weighted by Crippen LogP contribution is 2.35. The normalized spacial score (nSPS) is 30.4. The van der Waals surface area contributed by atoms with Crippen LogP contribution in [0.15, 0.2) is 0 Å². The van der Waals surface area contributed by atoms with E-state index in [2.05, 4.69) is 26.1 Å². The van der Waals surface area contributed by atoms with Crippen LogP contribution >= 0.6 is 0 Å². The van der Waals surface area contributed by atoms with Crippen LogP contribution in [-0.2, 0) is 9.53 Å². The number of ether oxygens (including phenoxy) is 1. The average molecular weight is 227 g/mol. The standard InChI is InChI=1S/C13H25NO2/c1-5-11-7-6-8-13(9-11,12(15)16-4)14-10(2)3/h10-11,14H,5-9H2,1-4H3. The molecule has 1 saturated carbocycles. The Hall–Kier alpha value is -0.570. The molecule has 94 valence electrons. The van der Waals surface area contributed by atoms with Crippen molar-refractivity contribution < 1.29 is 9.53 Å². The van der Waals surface area contributed by atoms with Gasteiger partial charge in [0.1, 0.15) is 5.54 Å². The zero-order chi connectivity index (χ0) is 12.2. The Labute approximate surface area is 98.9 Å². The van der Waals surface area contributed by atoms with Crippen molar-refractivity contribution in [3.8, 4) is 0 Å². The molecule has 0 heterocycles. The SMILES string of the molecule is CCC1CCCC(NC(C)C)(C(=O)OC)C1. The third-order valence-corrected chi connectivity index (χ3v) is 3.57. The van der Waals surface area contributed by atoms with Gasteiger partial charge in [0.05, 0.1) is 7.11 Å². The Bertz CT molecular complexity index is 240. The van der Waals surface area contributed by atoms with Gasteiger partial charge in [0.2, 0.25) is 0 Å². The smallest absolute Gasteiger partial charge is 0.326 e. The molecule has 16 heavy (non-hydrogen) atoms. The largest absolute Gasteiger partial charge is 0.468 e. The lowest BCUT2D eigenvalue weighted by atomic mass is 9.74. The van der Waals surface area contributed by atoms with Crippen LogP contribution < -0.4 is 5.32 Å². The van der Waals surface area contributed by atoms with Gasteiger partial charge in [-0.15, -0.1) is 0 Å². The zero-order valence-corrected chi connectivity index (χ0v) is 11.0. The van der Waals surface area contributed by atoms with Crippen LogP contribution in [0.4, 0.5) is 0 Å². The fraction of sp³-hybridized carbons (Fsp3) is 0.923. The molecule has 1 rings (SSSR count). The minimum absolute atomic E-state index is 0.0839. The Balaban J connectivity index is 2.80. The first-order chi connectivity index (χ1) is 7.54. The van der Waals surface area contributed by atoms with Crippen molar-refractivity contribution in [2.24, 2.45) is 5.92 Å². The highest BCUT2D eigenvalue weighted by atomic mass is 16.5. The Morgan fingerprint density at radius 2 is 2.25 bits per heavy atom. The molecule has 3 heteroatoms. The number of methoxy groups -OCH3 is 1. The first kappa shape index (κ1) is 13.5. The van der Waals surface area contributed by atoms with E-state index in [-0.39, 0.29) is 5.97 Å². The molecule has 0 bridgehead atoms. The van der Waals surface area contributed by atoms with Crippen molar-refractivity contribution in [1.29, 1.82) is 0 Å². The fourth-order valence-corrected chi connectivity index (χ4v) is 2.86. The van der Waals surface area contributed by atoms with Crippen LogP contribution in [0.5, 0.6) is 0 Å². The van der Waals surface area contributed by atoms with Gasteiger partial charge < -0.3 is 4.74 Å². The third kappa shape index (κ3) is 2.97. The van der Waals surface area contributed by atoms with E-state index in [0.717, 1.165) is 25.7 Å². The average Bonchev–Trinajstić information content (AvgIpc) is 2.27. The molecule has 0 saturated heterocycles. The summed E-state index contributed by atoms with van der Waals surface area (Å²) in [5.41, 5.74) is -0.429. The van der Waals surface area contributed by atoms with Crippen molar-refractivity contribution in [1.82, 2.24) is 5.32 Å². The number of carbonyl (C=O) groups excluding carboxylic acids is 1. The predicted molar refractivity (Wildman–Crippen MR) is 65.3 cm³/mol. The third-order valence-electron chi connectivity index (χ3n) is 3.57. The maximum absolute atomic E-state index is 12.0. The van der Waals surface area contributed by atoms with E-state index in [4.69, 9.17) is 4.74 Å². The summed E-state index contributed by atoms with van der Waals surface area (Å²) in [5.74, 6) is 0.568. The Kier molecular flexibility index (Phi) is 4.78. The monoisotopic (exact) mass is 227 g/mol. The van der Waals surface area contributed by atoms with Gasteiger partial charge in [-0.1, -0.05) is 26.2 Å². The van der Waals surface area contributed by atoms with E-state index in [0.29, 0.717) is 12.0 Å². The Morgan fingerprint density at radius 3 is 2.75 bits per heavy atom. The van der Waals surface area contributed by atoms with Crippen molar-refractivity contribution >= 4 is 5.97 Å². The lowest BCUT2D eigenvalue weighted by molar-refractivity contribution is -0.151. The number of carbonyl (C=O) groups is 1. The molecule has 0 aromatic heterocycles. The van der Waals surface area contributed by atoms with E-state index in [9.17, 15) is 4.79 Å². The van der Waals surface area contributed by atoms with E-state index in [1.54, 1.807) is 0 Å². The first-order valence-electron chi connectivity index (χ1n) is 6.40. The second kappa shape index (κ2) is 5.67. The molecule has 3 nitrogen and oxygen atoms in total. The molecule has 2 unspecified atom stereocenters. The van der Waals surface area contributed by atoms with Gasteiger partial charge in [-0.3, -0.25) is 10.1 Å². The van der Waals surface area contributed by atoms with E-state index in [1.165, 1.54) is 13.5 Å². The summed E-state index contributed by atoms with van der Waals surface area (Å²) >= 11 is 0. The molecule has 1 fully saturated rings. The molecule has 2 atom stereocenters. The van der Waals surface area contributed by atoms with E-state index < -0.39 is 5.54 Å². The molecule has 0 spiro atoms. The summed E-state index contributed by atoms with van der Waals surface area (Å²) < 4.78 is 4.99. The van der Waals surface area contributed by atoms with Crippen LogP contribution in [-0.4, -0.2) is 24.7 Å². The molecule has 0 amide bonds. The van der Waals surface area contributed by atoms with Crippen LogP contribution in [0.1, 0.15) is 52.9 Å². The predicted octanol–water partition coefficient (Wildman–Crippen LogP) is 2.50. The summed E-state index contributed by atoms with van der Waals surface area (Å²) in [4.78, 5) is 12.0. The van der Waals surface area contributed by atoms with Gasteiger partial charge in [-0.05, 0) is 32.6 Å². The summed E-state index contributed by atoms with van der Waals surface area (Å²) in [6.45, 7) is 6.37. The first-order valence-corrected chi connectivity index (χ1v) is 6.40. The number of hydrogen-bond donors (Lipinski definition) is 1. The van der Waals surface area contributed by atoms with E-state index in [1.807, 2.05) is 0 Å². The van der Waals surface area contributed by atoms with E-state index >= 15 is 0 Å². The topological polar surface area (TPSA) is 38.3 Å². The maximum atomic E-state index is 12.0. The molecular weight excluding hydrogens is 202 g/mol. The Morgan fingerprint density at radius 1 is 1.56 bits per heavy atom. The van der Waals surface area contributed by atoms with Gasteiger partial charge in [0.25, 0.3) is 0 Å². The number of esters is 1. The number of nitrogens with one attached hydrogen (secondary N) is 1. The second-order valence-electron chi connectivity index (χ2n) is 5.24. The van der Waals surface area contributed by atoms with Crippen molar-refractivity contribution in [2.45, 2.75) is 64.5 Å². The lowest BCUT2D eigenvalue weighted by Gasteiger charge is -2.40. The van der Waals surface area contributed by atoms with Crippen LogP contribution in [0.25, 0.3) is 0 Å². The molecular formula is C13H25NO2. The van der Waals surface area contributed by atoms with Gasteiger partial charge in [0.15, 0.2) is 0 Å². The van der Waals surface area contributed by atoms with Gasteiger partial charge in [-0.25, -0.2) is 0 Å². The minimum Gasteiger partial charge on any atom is -0.468 e. The second-order valence-corrected chi connectivity index (χ2v) is 5.24. The zero-order valence-electron chi connectivity index (χ0n) is 11.0. The lowest BCUT2D eigenvalue weighted by Crippen LogP contribution is -2.57. The highest BCUT2D eigenvalue weighted by molar-refractivity contribution is 5.81. The molecule has 0 aliphatic heterocycles. The molecule has 0 aromatic carbocycles. The van der Waals surface area contributed by atoms with Crippen molar-refractivity contribution in [2.75, 3.05) is 7.11 Å². The van der Waals surface area contributed by atoms with Crippen molar-refractivity contribution in [3.63, 3.8) is 0 Å². The minimum atomic E-state index is -0.429. The summed E-state index contributed by atoms with van der Waals surface area (Å²) in [7, 11) is 1.49. The molecule has 0 radical (unpaired) electrons. The van der Waals surface area contributed by atoms with Crippen molar-refractivity contribution in [3.05, 3.63) is 0 Å². The van der Waals surface area contributed by atoms with Gasteiger partial charge >= 0.3 is 5.97 Å². The molecule has 0 aromatic rings. The maximum Gasteiger partial charge on any atom is 0.326 e. The molecule has 1 aliphatic carbocycles. The van der Waals surface area contributed by atoms with Crippen LogP contribution in [0, 0.1) is 5.92 Å².